The molecule has 7 aromatic carbocycles. The van der Waals surface area contributed by atoms with Crippen molar-refractivity contribution in [2.45, 2.75) is 38.5 Å². The second-order valence-corrected chi connectivity index (χ2v) is 14.1. The number of hydrogen-bond donors (Lipinski definition) is 0. The van der Waals surface area contributed by atoms with Crippen molar-refractivity contribution in [2.24, 2.45) is 0 Å². The molecule has 0 atom stereocenters. The summed E-state index contributed by atoms with van der Waals surface area (Å²) in [5, 5.41) is 7.22. The van der Waals surface area contributed by atoms with Gasteiger partial charge in [-0.3, -0.25) is 0 Å². The highest BCUT2D eigenvalue weighted by molar-refractivity contribution is 6.19. The molecule has 48 heavy (non-hydrogen) atoms. The summed E-state index contributed by atoms with van der Waals surface area (Å²) in [6.07, 6.45) is 0. The lowest BCUT2D eigenvalue weighted by Gasteiger charge is -2.49. The van der Waals surface area contributed by atoms with E-state index in [0.717, 1.165) is 27.5 Å². The third-order valence-electron chi connectivity index (χ3n) is 11.0. The number of fused-ring (bicyclic) bond motifs is 8. The van der Waals surface area contributed by atoms with Crippen molar-refractivity contribution < 1.29 is 0 Å². The summed E-state index contributed by atoms with van der Waals surface area (Å²) in [6, 6.07) is 49.8. The minimum Gasteiger partial charge on any atom is -0.208 e. The van der Waals surface area contributed by atoms with Crippen molar-refractivity contribution >= 4 is 32.3 Å². The summed E-state index contributed by atoms with van der Waals surface area (Å²) in [6.45, 7) is 9.56. The lowest BCUT2D eigenvalue weighted by Crippen LogP contribution is -2.43. The number of rotatable bonds is 3. The Morgan fingerprint density at radius 1 is 0.396 bits per heavy atom. The molecule has 0 aliphatic heterocycles. The van der Waals surface area contributed by atoms with E-state index in [9.17, 15) is 0 Å². The zero-order valence-corrected chi connectivity index (χ0v) is 27.6. The fourth-order valence-electron chi connectivity index (χ4n) is 7.74. The third-order valence-corrected chi connectivity index (χ3v) is 11.0. The lowest BCUT2D eigenvalue weighted by atomic mass is 9.54. The average molecular weight is 618 g/mol. The summed E-state index contributed by atoms with van der Waals surface area (Å²) in [4.78, 5) is 15.6. The summed E-state index contributed by atoms with van der Waals surface area (Å²) in [7, 11) is 0. The fourth-order valence-corrected chi connectivity index (χ4v) is 7.74. The quantitative estimate of drug-likeness (QED) is 0.185. The van der Waals surface area contributed by atoms with Crippen LogP contribution in [-0.4, -0.2) is 15.0 Å². The summed E-state index contributed by atoms with van der Waals surface area (Å²) < 4.78 is 0. The molecular formula is C45H35N3. The number of nitrogens with zero attached hydrogens (tertiary/aromatic N) is 3. The molecule has 1 aliphatic rings. The summed E-state index contributed by atoms with van der Waals surface area (Å²) >= 11 is 0. The maximum atomic E-state index is 5.29. The molecule has 0 bridgehead atoms. The Morgan fingerprint density at radius 3 is 1.81 bits per heavy atom. The number of hydrogen-bond acceptors (Lipinski definition) is 3. The molecule has 0 saturated heterocycles. The highest BCUT2D eigenvalue weighted by Crippen LogP contribution is 2.57. The molecular weight excluding hydrogens is 583 g/mol. The minimum atomic E-state index is -0.187. The molecule has 0 amide bonds. The van der Waals surface area contributed by atoms with Gasteiger partial charge in [0.15, 0.2) is 17.5 Å². The van der Waals surface area contributed by atoms with Crippen LogP contribution in [0.2, 0.25) is 0 Å². The Hall–Kier alpha value is -5.67. The van der Waals surface area contributed by atoms with Gasteiger partial charge >= 0.3 is 0 Å². The molecule has 0 spiro atoms. The average Bonchev–Trinajstić information content (AvgIpc) is 3.13. The molecule has 0 unspecified atom stereocenters. The molecule has 1 heterocycles. The normalized spacial score (nSPS) is 14.6. The van der Waals surface area contributed by atoms with Crippen molar-refractivity contribution in [3.05, 3.63) is 151 Å². The zero-order chi connectivity index (χ0) is 32.6. The van der Waals surface area contributed by atoms with Crippen LogP contribution in [0.5, 0.6) is 0 Å². The van der Waals surface area contributed by atoms with E-state index in [2.05, 4.69) is 149 Å². The Kier molecular flexibility index (Phi) is 6.20. The first-order chi connectivity index (χ1) is 23.3. The van der Waals surface area contributed by atoms with Crippen LogP contribution in [0.1, 0.15) is 38.8 Å². The molecule has 9 rings (SSSR count). The Balaban J connectivity index is 1.41. The minimum absolute atomic E-state index is 0.114. The van der Waals surface area contributed by atoms with E-state index in [0.29, 0.717) is 17.5 Å². The van der Waals surface area contributed by atoms with Gasteiger partial charge in [-0.05, 0) is 77.5 Å². The topological polar surface area (TPSA) is 38.7 Å². The predicted molar refractivity (Wildman–Crippen MR) is 200 cm³/mol. The molecule has 8 aromatic rings. The zero-order valence-electron chi connectivity index (χ0n) is 27.6. The van der Waals surface area contributed by atoms with Crippen LogP contribution < -0.4 is 0 Å². The van der Waals surface area contributed by atoms with Gasteiger partial charge in [-0.1, -0.05) is 155 Å². The van der Waals surface area contributed by atoms with E-state index in [-0.39, 0.29) is 10.8 Å². The van der Waals surface area contributed by atoms with Crippen molar-refractivity contribution in [3.63, 3.8) is 0 Å². The van der Waals surface area contributed by atoms with Crippen molar-refractivity contribution in [3.8, 4) is 45.3 Å². The van der Waals surface area contributed by atoms with Crippen LogP contribution in [0.3, 0.4) is 0 Å². The van der Waals surface area contributed by atoms with Crippen LogP contribution in [-0.2, 0) is 10.8 Å². The molecule has 1 aliphatic carbocycles. The highest BCUT2D eigenvalue weighted by atomic mass is 15.0. The van der Waals surface area contributed by atoms with E-state index in [4.69, 9.17) is 15.0 Å². The van der Waals surface area contributed by atoms with E-state index in [1.807, 2.05) is 18.2 Å². The maximum absolute atomic E-state index is 5.29. The Bertz CT molecular complexity index is 2560. The van der Waals surface area contributed by atoms with Gasteiger partial charge in [0.1, 0.15) is 0 Å². The number of benzene rings is 7. The molecule has 3 nitrogen and oxygen atoms in total. The third kappa shape index (κ3) is 4.17. The van der Waals surface area contributed by atoms with Crippen molar-refractivity contribution in [1.29, 1.82) is 0 Å². The van der Waals surface area contributed by atoms with Gasteiger partial charge in [-0.2, -0.15) is 0 Å². The van der Waals surface area contributed by atoms with Crippen LogP contribution >= 0.6 is 0 Å². The van der Waals surface area contributed by atoms with E-state index >= 15 is 0 Å². The molecule has 0 N–H and O–H groups in total. The molecule has 0 fully saturated rings. The second kappa shape index (κ2) is 10.4. The van der Waals surface area contributed by atoms with Crippen LogP contribution in [0, 0.1) is 0 Å². The van der Waals surface area contributed by atoms with E-state index in [1.165, 1.54) is 43.8 Å². The van der Waals surface area contributed by atoms with Crippen LogP contribution in [0.15, 0.2) is 140 Å². The van der Waals surface area contributed by atoms with Crippen LogP contribution in [0.25, 0.3) is 77.6 Å². The smallest absolute Gasteiger partial charge is 0.164 e. The predicted octanol–water partition coefficient (Wildman–Crippen LogP) is 11.6. The molecule has 0 radical (unpaired) electrons. The molecule has 1 aromatic heterocycles. The fraction of sp³-hybridized carbons (Fsp3) is 0.133. The van der Waals surface area contributed by atoms with Crippen molar-refractivity contribution in [2.75, 3.05) is 0 Å². The Morgan fingerprint density at radius 2 is 1.00 bits per heavy atom. The molecule has 3 heteroatoms. The first-order valence-corrected chi connectivity index (χ1v) is 16.7. The van der Waals surface area contributed by atoms with Gasteiger partial charge in [0, 0.05) is 16.7 Å². The Labute approximate surface area is 281 Å². The molecule has 0 saturated carbocycles. The standard InChI is InChI=1S/C45H35N3/c1-44(2)37-21-13-12-20-35(37)40-38(45(44,3)4)27-36(34-25-24-29-15-10-11-19-33(29)39(34)40)43-47-41(30-16-6-5-7-17-30)46-42(48-43)32-23-22-28-14-8-9-18-31(28)26-32/h5-27H,1-4H3. The SMILES string of the molecule is CC1(C)c2ccccc2-c2c(cc(-c3nc(-c4ccccc4)nc(-c4ccc5ccccc5c4)n3)c3ccc4ccccc4c23)C1(C)C. The summed E-state index contributed by atoms with van der Waals surface area (Å²) in [5.41, 5.74) is 7.99. The van der Waals surface area contributed by atoms with Crippen molar-refractivity contribution in [1.82, 2.24) is 15.0 Å². The van der Waals surface area contributed by atoms with Gasteiger partial charge in [-0.15, -0.1) is 0 Å². The second-order valence-electron chi connectivity index (χ2n) is 14.1. The van der Waals surface area contributed by atoms with E-state index in [1.54, 1.807) is 0 Å². The first-order valence-electron chi connectivity index (χ1n) is 16.7. The monoisotopic (exact) mass is 617 g/mol. The van der Waals surface area contributed by atoms with E-state index < -0.39 is 0 Å². The van der Waals surface area contributed by atoms with Crippen LogP contribution in [0.4, 0.5) is 0 Å². The first kappa shape index (κ1) is 28.5. The summed E-state index contributed by atoms with van der Waals surface area (Å²) in [5.74, 6) is 2.02. The largest absolute Gasteiger partial charge is 0.208 e. The number of aromatic nitrogens is 3. The van der Waals surface area contributed by atoms with Gasteiger partial charge in [0.2, 0.25) is 0 Å². The van der Waals surface area contributed by atoms with Gasteiger partial charge < -0.3 is 0 Å². The molecule has 230 valence electrons. The van der Waals surface area contributed by atoms with Gasteiger partial charge in [0.05, 0.1) is 0 Å². The highest BCUT2D eigenvalue weighted by Gasteiger charge is 2.46. The maximum Gasteiger partial charge on any atom is 0.164 e. The van der Waals surface area contributed by atoms with Gasteiger partial charge in [0.25, 0.3) is 0 Å². The van der Waals surface area contributed by atoms with Gasteiger partial charge in [-0.25, -0.2) is 15.0 Å². The lowest BCUT2D eigenvalue weighted by molar-refractivity contribution is 0.299.